The number of aliphatic imine (C=N–C) groups is 1. The normalized spacial score (nSPS) is 20.4. The van der Waals surface area contributed by atoms with Gasteiger partial charge in [-0.1, -0.05) is 52.7 Å². The van der Waals surface area contributed by atoms with E-state index in [2.05, 4.69) is 39.9 Å². The van der Waals surface area contributed by atoms with Crippen LogP contribution in [0.2, 0.25) is 0 Å². The molecule has 2 aromatic carbocycles. The first kappa shape index (κ1) is 40.5. The Kier molecular flexibility index (Phi) is 12.2. The topological polar surface area (TPSA) is 168 Å². The molecule has 7 rings (SSSR count). The number of hydrogen-bond donors (Lipinski definition) is 3. The number of likely N-dealkylation sites (tertiary alicyclic amines) is 2. The Morgan fingerprint density at radius 2 is 1.43 bits per heavy atom. The number of ether oxygens (including phenoxy) is 3. The van der Waals surface area contributed by atoms with Crippen LogP contribution in [0.15, 0.2) is 53.8 Å². The third-order valence-electron chi connectivity index (χ3n) is 12.4. The largest absolute Gasteiger partial charge is 0.457 e. The number of carbonyl (C=O) groups excluding carboxylic acids is 4. The smallest absolute Gasteiger partial charge is 0.407 e. The number of allylic oxidation sites excluding steroid dienone is 1. The van der Waals surface area contributed by atoms with Gasteiger partial charge >= 0.3 is 12.2 Å². The molecule has 0 radical (unpaired) electrons. The molecule has 0 saturated carbocycles. The molecule has 0 aliphatic carbocycles. The minimum atomic E-state index is -0.681. The van der Waals surface area contributed by atoms with Gasteiger partial charge in [0.1, 0.15) is 29.4 Å². The van der Waals surface area contributed by atoms with Crippen molar-refractivity contribution in [2.24, 2.45) is 16.8 Å². The van der Waals surface area contributed by atoms with E-state index in [9.17, 15) is 19.2 Å². The summed E-state index contributed by atoms with van der Waals surface area (Å²) in [5, 5.41) is 5.52. The average Bonchev–Trinajstić information content (AvgIpc) is 4.09. The van der Waals surface area contributed by atoms with Gasteiger partial charge in [0.15, 0.2) is 0 Å². The fourth-order valence-corrected chi connectivity index (χ4v) is 8.57. The summed E-state index contributed by atoms with van der Waals surface area (Å²) in [5.74, 6) is 2.00. The second-order valence-corrected chi connectivity index (χ2v) is 15.9. The number of aromatic nitrogens is 2. The van der Waals surface area contributed by atoms with Crippen molar-refractivity contribution in [1.82, 2.24) is 30.4 Å². The van der Waals surface area contributed by atoms with Crippen LogP contribution in [0.4, 0.5) is 9.59 Å². The highest BCUT2D eigenvalue weighted by molar-refractivity contribution is 6.04. The van der Waals surface area contributed by atoms with Crippen molar-refractivity contribution in [3.8, 4) is 22.8 Å². The van der Waals surface area contributed by atoms with Crippen molar-refractivity contribution >= 4 is 35.3 Å². The maximum Gasteiger partial charge on any atom is 0.407 e. The van der Waals surface area contributed by atoms with E-state index < -0.39 is 24.3 Å². The summed E-state index contributed by atoms with van der Waals surface area (Å²) in [6.45, 7) is 9.15. The Morgan fingerprint density at radius 1 is 0.810 bits per heavy atom. The zero-order valence-corrected chi connectivity index (χ0v) is 34.3. The highest BCUT2D eigenvalue weighted by Crippen LogP contribution is 2.41. The number of rotatable bonds is 12. The molecule has 6 atom stereocenters. The van der Waals surface area contributed by atoms with Crippen LogP contribution in [0.3, 0.4) is 0 Å². The number of nitrogens with one attached hydrogen (secondary N) is 3. The minimum Gasteiger partial charge on any atom is -0.457 e. The molecule has 5 heterocycles. The van der Waals surface area contributed by atoms with Gasteiger partial charge in [0.2, 0.25) is 11.8 Å². The molecule has 14 nitrogen and oxygen atoms in total. The zero-order valence-electron chi connectivity index (χ0n) is 34.3. The van der Waals surface area contributed by atoms with Gasteiger partial charge in [0.25, 0.3) is 0 Å². The van der Waals surface area contributed by atoms with E-state index in [1.807, 2.05) is 62.0 Å². The molecule has 4 aliphatic rings. The quantitative estimate of drug-likeness (QED) is 0.136. The molecule has 0 spiro atoms. The van der Waals surface area contributed by atoms with Crippen LogP contribution in [0.25, 0.3) is 16.8 Å². The Morgan fingerprint density at radius 3 is 2.07 bits per heavy atom. The summed E-state index contributed by atoms with van der Waals surface area (Å²) >= 11 is 0. The summed E-state index contributed by atoms with van der Waals surface area (Å²) in [6.07, 6.45) is 8.64. The highest BCUT2D eigenvalue weighted by atomic mass is 16.5. The van der Waals surface area contributed by atoms with Crippen LogP contribution in [-0.4, -0.2) is 94.9 Å². The van der Waals surface area contributed by atoms with E-state index in [1.54, 1.807) is 0 Å². The van der Waals surface area contributed by atoms with E-state index >= 15 is 0 Å². The number of amides is 4. The predicted molar refractivity (Wildman–Crippen MR) is 219 cm³/mol. The van der Waals surface area contributed by atoms with E-state index in [0.29, 0.717) is 25.9 Å². The number of benzene rings is 2. The lowest BCUT2D eigenvalue weighted by Crippen LogP contribution is -2.54. The van der Waals surface area contributed by atoms with E-state index in [-0.39, 0.29) is 35.7 Å². The zero-order chi connectivity index (χ0) is 41.1. The molecular weight excluding hydrogens is 739 g/mol. The molecule has 2 saturated heterocycles. The van der Waals surface area contributed by atoms with Gasteiger partial charge in [-0.25, -0.2) is 14.6 Å². The second kappa shape index (κ2) is 17.5. The molecule has 58 heavy (non-hydrogen) atoms. The fraction of sp³-hybridized carbons (Fsp3) is 0.500. The van der Waals surface area contributed by atoms with Gasteiger partial charge in [0, 0.05) is 43.4 Å². The molecule has 0 bridgehead atoms. The number of carbonyl (C=O) groups is 4. The molecule has 3 N–H and O–H groups in total. The van der Waals surface area contributed by atoms with Crippen molar-refractivity contribution in [1.29, 1.82) is 0 Å². The molecular formula is C44H55N7O7. The van der Waals surface area contributed by atoms with Crippen molar-refractivity contribution in [3.63, 3.8) is 0 Å². The van der Waals surface area contributed by atoms with E-state index in [0.717, 1.165) is 95.1 Å². The van der Waals surface area contributed by atoms with Gasteiger partial charge in [-0.05, 0) is 84.0 Å². The summed E-state index contributed by atoms with van der Waals surface area (Å²) in [5.41, 5.74) is 7.02. The Hall–Kier alpha value is -5.66. The van der Waals surface area contributed by atoms with Crippen LogP contribution in [0.5, 0.6) is 11.5 Å². The number of fused-ring (bicyclic) bond motifs is 2. The summed E-state index contributed by atoms with van der Waals surface area (Å²) in [6, 6.07) is 10.8. The standard InChI is InChI=1S/C44H55N7O7/c1-7-25(3)38(48-43(54)56-5)41(52)50-17-9-11-34(50)32-21-31(23-45-32)27-13-14-29-20-30-19-28(15-16-36(30)58-37(29)22-27)33-24-46-40(47-33)35-12-10-18-51(35)42(53)39(26(4)8-2)49-44(55)57-6/h13-16,19,22-26,34-35,38-39H,7-12,17-18,20-21H2,1-6H3,(H,46,47)(H,48,54)(H,49,55)/t25-,26-,34-,35-,38-,39-/m0/s1. The number of aromatic amines is 1. The van der Waals surface area contributed by atoms with Crippen LogP contribution >= 0.6 is 0 Å². The van der Waals surface area contributed by atoms with Gasteiger partial charge in [0.05, 0.1) is 38.2 Å². The number of H-pyrrole nitrogens is 1. The van der Waals surface area contributed by atoms with Crippen LogP contribution < -0.4 is 15.4 Å². The van der Waals surface area contributed by atoms with Crippen molar-refractivity contribution in [3.05, 3.63) is 71.3 Å². The van der Waals surface area contributed by atoms with E-state index in [4.69, 9.17) is 24.2 Å². The maximum atomic E-state index is 13.8. The Bertz CT molecular complexity index is 2110. The first-order valence-electron chi connectivity index (χ1n) is 20.6. The summed E-state index contributed by atoms with van der Waals surface area (Å²) in [7, 11) is 2.61. The first-order valence-corrected chi connectivity index (χ1v) is 20.6. The second-order valence-electron chi connectivity index (χ2n) is 15.9. The fourth-order valence-electron chi connectivity index (χ4n) is 8.57. The summed E-state index contributed by atoms with van der Waals surface area (Å²) < 4.78 is 16.1. The SMILES string of the molecule is CC[C@H](C)[C@H](NC(=O)OC)C(=O)N1CCC[C@H]1C1=NC=C(c2ccc3c(c2)Oc2ccc(-c4cnc([C@@H]5CCCN5C(=O)[C@@H](NC(=O)OC)[C@@H](C)CC)[nH]4)cc2C3)C1. The Balaban J connectivity index is 1.00. The molecule has 3 aromatic rings. The number of imidazole rings is 1. The lowest BCUT2D eigenvalue weighted by Gasteiger charge is -2.31. The van der Waals surface area contributed by atoms with Crippen molar-refractivity contribution in [2.75, 3.05) is 27.3 Å². The predicted octanol–water partition coefficient (Wildman–Crippen LogP) is 7.15. The number of methoxy groups -OCH3 is 2. The van der Waals surface area contributed by atoms with Crippen molar-refractivity contribution < 1.29 is 33.4 Å². The first-order chi connectivity index (χ1) is 28.0. The van der Waals surface area contributed by atoms with Crippen LogP contribution in [0, 0.1) is 11.8 Å². The van der Waals surface area contributed by atoms with Crippen molar-refractivity contribution in [2.45, 2.75) is 103 Å². The molecule has 1 aromatic heterocycles. The minimum absolute atomic E-state index is 0.0446. The lowest BCUT2D eigenvalue weighted by molar-refractivity contribution is -0.136. The molecule has 4 amide bonds. The molecule has 4 aliphatic heterocycles. The third-order valence-corrected chi connectivity index (χ3v) is 12.4. The monoisotopic (exact) mass is 793 g/mol. The average molecular weight is 794 g/mol. The highest BCUT2D eigenvalue weighted by Gasteiger charge is 2.40. The molecule has 2 fully saturated rings. The molecule has 14 heteroatoms. The molecule has 0 unspecified atom stereocenters. The number of alkyl carbamates (subject to hydrolysis) is 2. The number of hydrogen-bond acceptors (Lipinski definition) is 9. The Labute approximate surface area is 339 Å². The van der Waals surface area contributed by atoms with Gasteiger partial charge in [-0.15, -0.1) is 0 Å². The maximum absolute atomic E-state index is 13.8. The third kappa shape index (κ3) is 8.19. The molecule has 308 valence electrons. The van der Waals surface area contributed by atoms with Gasteiger partial charge in [-0.3, -0.25) is 14.6 Å². The van der Waals surface area contributed by atoms with Gasteiger partial charge in [-0.2, -0.15) is 0 Å². The number of nitrogens with zero attached hydrogens (tertiary/aromatic N) is 4. The summed E-state index contributed by atoms with van der Waals surface area (Å²) in [4.78, 5) is 68.5. The van der Waals surface area contributed by atoms with Crippen LogP contribution in [-0.2, 0) is 25.5 Å². The lowest BCUT2D eigenvalue weighted by atomic mass is 9.93. The van der Waals surface area contributed by atoms with Gasteiger partial charge < -0.3 is 39.6 Å². The van der Waals surface area contributed by atoms with Crippen LogP contribution in [0.1, 0.15) is 101 Å². The van der Waals surface area contributed by atoms with E-state index in [1.165, 1.54) is 14.2 Å².